The minimum Gasteiger partial charge on any atom is -0.465 e. The van der Waals surface area contributed by atoms with Crippen molar-refractivity contribution < 1.29 is 78.6 Å². The van der Waals surface area contributed by atoms with Crippen LogP contribution in [-0.2, 0) is 42.9 Å². The van der Waals surface area contributed by atoms with Crippen molar-refractivity contribution in [2.75, 3.05) is 6.61 Å². The van der Waals surface area contributed by atoms with Crippen LogP contribution in [0.3, 0.4) is 0 Å². The molecule has 1 amide bonds. The molecule has 3 saturated carbocycles. The molecule has 16 nitrogen and oxygen atoms in total. The summed E-state index contributed by atoms with van der Waals surface area (Å²) in [6, 6.07) is 6.59. The summed E-state index contributed by atoms with van der Waals surface area (Å²) in [5.41, 5.74) is -7.59. The molecule has 11 atom stereocenters. The fraction of sp³-hybridized carbons (Fsp3) is 0.574. The zero-order valence-corrected chi connectivity index (χ0v) is 36.2. The first kappa shape index (κ1) is 48.3. The lowest BCUT2D eigenvalue weighted by atomic mass is 9.44. The number of fused-ring (bicyclic) bond motifs is 5. The van der Waals surface area contributed by atoms with Gasteiger partial charge in [-0.3, -0.25) is 14.4 Å². The quantitative estimate of drug-likeness (QED) is 0.102. The number of carbonyl (C=O) groups excluding carboxylic acids is 5. The average Bonchev–Trinajstić information content (AvgIpc) is 3.23. The highest BCUT2D eigenvalue weighted by molar-refractivity contribution is 5.95. The maximum absolute atomic E-state index is 15.4. The fourth-order valence-electron chi connectivity index (χ4n) is 10.5. The summed E-state index contributed by atoms with van der Waals surface area (Å²) < 4.78 is 30.0. The van der Waals surface area contributed by atoms with Crippen LogP contribution in [0.2, 0.25) is 0 Å². The van der Waals surface area contributed by atoms with E-state index in [1.54, 1.807) is 32.0 Å². The minimum absolute atomic E-state index is 0. The molecular weight excluding hydrogens is 819 g/mol. The predicted octanol–water partition coefficient (Wildman–Crippen LogP) is 4.02. The van der Waals surface area contributed by atoms with Crippen LogP contribution in [0.1, 0.15) is 103 Å². The summed E-state index contributed by atoms with van der Waals surface area (Å²) in [4.78, 5) is 81.1. The Balaban J connectivity index is 0.00000210. The van der Waals surface area contributed by atoms with Crippen LogP contribution in [0.4, 0.5) is 4.79 Å². The highest BCUT2D eigenvalue weighted by Gasteiger charge is 2.78. The second kappa shape index (κ2) is 19.0. The van der Waals surface area contributed by atoms with Gasteiger partial charge in [-0.25, -0.2) is 14.4 Å². The number of rotatable bonds is 9. The lowest BCUT2D eigenvalue weighted by molar-refractivity contribution is -0.346. The third-order valence-electron chi connectivity index (χ3n) is 13.7. The third kappa shape index (κ3) is 8.94. The Hall–Kier alpha value is -5.70. The van der Waals surface area contributed by atoms with E-state index in [9.17, 15) is 44.4 Å². The molecule has 5 N–H and O–H groups in total. The van der Waals surface area contributed by atoms with Crippen LogP contribution in [-0.4, -0.2) is 117 Å². The maximum Gasteiger partial charge on any atom is 0.404 e. The number of aliphatic hydroxyl groups is 3. The van der Waals surface area contributed by atoms with Crippen molar-refractivity contribution >= 4 is 35.8 Å². The van der Waals surface area contributed by atoms with E-state index >= 15 is 4.79 Å². The highest BCUT2D eigenvalue weighted by Crippen LogP contribution is 2.64. The van der Waals surface area contributed by atoms with E-state index in [1.165, 1.54) is 26.0 Å². The van der Waals surface area contributed by atoms with E-state index in [-0.39, 0.29) is 41.4 Å². The summed E-state index contributed by atoms with van der Waals surface area (Å²) in [7, 11) is 0. The number of nitrogens with one attached hydrogen (secondary N) is 1. The highest BCUT2D eigenvalue weighted by atomic mass is 16.6. The van der Waals surface area contributed by atoms with E-state index in [0.717, 1.165) is 33.1 Å². The zero-order valence-electron chi connectivity index (χ0n) is 36.2. The Morgan fingerprint density at radius 1 is 0.952 bits per heavy atom. The molecule has 1 aliphatic heterocycles. The molecule has 6 rings (SSSR count). The zero-order chi connectivity index (χ0) is 46.7. The maximum atomic E-state index is 15.4. The number of hydrogen-bond acceptors (Lipinski definition) is 14. The van der Waals surface area contributed by atoms with Gasteiger partial charge in [0, 0.05) is 37.8 Å². The number of terminal acetylenes is 2. The molecule has 63 heavy (non-hydrogen) atoms. The van der Waals surface area contributed by atoms with Crippen LogP contribution in [0, 0.1) is 59.2 Å². The summed E-state index contributed by atoms with van der Waals surface area (Å²) in [5, 5.41) is 48.9. The Labute approximate surface area is 372 Å². The summed E-state index contributed by atoms with van der Waals surface area (Å²) in [6.45, 7) is 7.93. The van der Waals surface area contributed by atoms with Gasteiger partial charge in [-0.15, -0.1) is 12.8 Å². The van der Waals surface area contributed by atoms with Gasteiger partial charge in [-0.2, -0.15) is 0 Å². The van der Waals surface area contributed by atoms with Gasteiger partial charge >= 0.3 is 30.0 Å². The second-order valence-electron chi connectivity index (χ2n) is 17.5. The van der Waals surface area contributed by atoms with Crippen molar-refractivity contribution in [2.24, 2.45) is 22.7 Å². The minimum atomic E-state index is -2.38. The van der Waals surface area contributed by atoms with Crippen LogP contribution in [0.5, 0.6) is 0 Å². The summed E-state index contributed by atoms with van der Waals surface area (Å²) in [5.74, 6) is 2.00. The van der Waals surface area contributed by atoms with Crippen molar-refractivity contribution in [1.82, 2.24) is 5.32 Å². The molecule has 1 heterocycles. The van der Waals surface area contributed by atoms with Crippen molar-refractivity contribution in [1.29, 1.82) is 0 Å². The smallest absolute Gasteiger partial charge is 0.404 e. The lowest BCUT2D eigenvalue weighted by Gasteiger charge is -2.67. The van der Waals surface area contributed by atoms with Gasteiger partial charge in [-0.05, 0) is 79.6 Å². The standard InChI is InChI=1S/C41H53NO15.C6H2.4H2/c1-20-25(55-36(49)30(46)29(42-37(50)51)23-13-9-7-10-14-23)18-41(52)34(56-35(48)24-15-11-8-12-16-24)32-39(6,26(45)17-27-40(32,19-53-27)57-22(3)44)33(47)31(54-21(2)43)28(20)38(41,4)5;1-3-5-6-4-2;;;;/h8,11-12,15-16,23,25-27,29-32,34,42,45-46,52H,7,9-10,13-14,17-19H2,1-6H3,(H,50,51);1-2H;4*1H/t25-,26-,27+,29-,30+,31+,32-,34-,39+,40-,41+;;;;;/m0...../s1. The third-order valence-corrected chi connectivity index (χ3v) is 13.7. The van der Waals surface area contributed by atoms with Crippen molar-refractivity contribution in [3.63, 3.8) is 0 Å². The summed E-state index contributed by atoms with van der Waals surface area (Å²) in [6.07, 6.45) is 1.11. The van der Waals surface area contributed by atoms with Crippen molar-refractivity contribution in [2.45, 2.75) is 140 Å². The van der Waals surface area contributed by atoms with Gasteiger partial charge in [0.15, 0.2) is 23.6 Å². The molecule has 5 aliphatic rings. The topological polar surface area (TPSA) is 242 Å². The van der Waals surface area contributed by atoms with Gasteiger partial charge in [0.2, 0.25) is 0 Å². The number of hydrogen-bond donors (Lipinski definition) is 5. The number of Topliss-reactive ketones (excluding diaryl/α,β-unsaturated/α-hetero) is 1. The van der Waals surface area contributed by atoms with Gasteiger partial charge in [0.25, 0.3) is 0 Å². The monoisotopic (exact) mass is 881 g/mol. The molecule has 1 aromatic rings. The predicted molar refractivity (Wildman–Crippen MR) is 230 cm³/mol. The van der Waals surface area contributed by atoms with Crippen LogP contribution in [0.15, 0.2) is 41.5 Å². The molecule has 2 bridgehead atoms. The van der Waals surface area contributed by atoms with E-state index in [4.69, 9.17) is 36.5 Å². The first-order valence-electron chi connectivity index (χ1n) is 20.8. The van der Waals surface area contributed by atoms with Crippen LogP contribution >= 0.6 is 0 Å². The Morgan fingerprint density at radius 2 is 1.57 bits per heavy atom. The van der Waals surface area contributed by atoms with Gasteiger partial charge in [0.1, 0.15) is 23.9 Å². The molecule has 0 unspecified atom stereocenters. The number of amides is 1. The van der Waals surface area contributed by atoms with Crippen LogP contribution < -0.4 is 5.32 Å². The van der Waals surface area contributed by atoms with Crippen LogP contribution in [0.25, 0.3) is 0 Å². The molecule has 0 radical (unpaired) electrons. The van der Waals surface area contributed by atoms with Gasteiger partial charge in [0.05, 0.1) is 35.6 Å². The molecule has 4 aliphatic carbocycles. The average molecular weight is 882 g/mol. The van der Waals surface area contributed by atoms with Crippen molar-refractivity contribution in [3.05, 3.63) is 47.0 Å². The molecular formula is C47H63NO15. The van der Waals surface area contributed by atoms with E-state index in [2.05, 4.69) is 29.0 Å². The molecule has 346 valence electrons. The number of ether oxygens (including phenoxy) is 5. The first-order valence-corrected chi connectivity index (χ1v) is 20.8. The lowest BCUT2D eigenvalue weighted by Crippen LogP contribution is -2.82. The Bertz CT molecular complexity index is 2160. The molecule has 4 fully saturated rings. The molecule has 0 spiro atoms. The number of esters is 4. The fourth-order valence-corrected chi connectivity index (χ4v) is 10.5. The molecule has 1 saturated heterocycles. The summed E-state index contributed by atoms with van der Waals surface area (Å²) >= 11 is 0. The molecule has 1 aromatic carbocycles. The van der Waals surface area contributed by atoms with E-state index in [0.29, 0.717) is 12.8 Å². The van der Waals surface area contributed by atoms with Crippen molar-refractivity contribution in [3.8, 4) is 36.5 Å². The van der Waals surface area contributed by atoms with Gasteiger partial charge in [-0.1, -0.05) is 51.3 Å². The molecule has 16 heteroatoms. The Kier molecular flexibility index (Phi) is 14.5. The SMILES string of the molecule is C#CC#CC#C.CC(=O)O[C@H]1C(=O)[C@@]2(C)[C@H]([C@H](OC(=O)c3ccccc3)[C@]3(O)C[C@H](OC(=O)[C@H](O)[C@@H](NC(=O)O)C4CCCCC4)C(C)=C1C3(C)C)[C@]1(OC(C)=O)CO[C@@H]1C[C@@H]2O.[HH].[HH].[HH].[HH]. The molecule has 0 aromatic heterocycles. The first-order chi connectivity index (χ1) is 29.6. The second-order valence-corrected chi connectivity index (χ2v) is 17.5. The Morgan fingerprint density at radius 3 is 2.10 bits per heavy atom. The number of benzene rings is 1. The largest absolute Gasteiger partial charge is 0.465 e. The number of aliphatic hydroxyl groups excluding tert-OH is 2. The van der Waals surface area contributed by atoms with E-state index in [1.807, 2.05) is 0 Å². The normalized spacial score (nSPS) is 32.6. The van der Waals surface area contributed by atoms with E-state index < -0.39 is 113 Å². The number of carbonyl (C=O) groups is 6. The number of carboxylic acid groups (broad SMARTS) is 1. The van der Waals surface area contributed by atoms with Gasteiger partial charge < -0.3 is 49.4 Å². The number of ketones is 1.